The molecule has 0 bridgehead atoms. The number of amides is 1. The van der Waals surface area contributed by atoms with Crippen molar-refractivity contribution in [3.05, 3.63) is 58.3 Å². The monoisotopic (exact) mass is 427 g/mol. The van der Waals surface area contributed by atoms with Gasteiger partial charge in [0.15, 0.2) is 5.96 Å². The van der Waals surface area contributed by atoms with Crippen LogP contribution in [-0.2, 0) is 11.3 Å². The number of aliphatic imine (C=N–C) groups is 1. The standard InChI is InChI=1S/C23H33N5OS/c1-3-24-23(27-17-21(29)25-15-18-9-5-4-6-10-18)26-16-19-11-7-13-28(2)22(19)20-12-8-14-30-20/h4-6,8-10,12,14,19,22H,3,7,11,13,15-17H2,1-2H3,(H,25,29)(H2,24,26,27). The van der Waals surface area contributed by atoms with Gasteiger partial charge in [0.05, 0.1) is 0 Å². The highest BCUT2D eigenvalue weighted by atomic mass is 32.1. The number of thiophene rings is 1. The Morgan fingerprint density at radius 1 is 1.17 bits per heavy atom. The van der Waals surface area contributed by atoms with Crippen molar-refractivity contribution in [2.24, 2.45) is 10.9 Å². The third kappa shape index (κ3) is 6.57. The smallest absolute Gasteiger partial charge is 0.242 e. The van der Waals surface area contributed by atoms with Crippen molar-refractivity contribution in [2.45, 2.75) is 32.4 Å². The van der Waals surface area contributed by atoms with Gasteiger partial charge in [-0.15, -0.1) is 11.3 Å². The van der Waals surface area contributed by atoms with Crippen LogP contribution in [0.2, 0.25) is 0 Å². The van der Waals surface area contributed by atoms with Crippen LogP contribution in [0.3, 0.4) is 0 Å². The number of piperidine rings is 1. The van der Waals surface area contributed by atoms with E-state index in [4.69, 9.17) is 0 Å². The van der Waals surface area contributed by atoms with Gasteiger partial charge in [-0.3, -0.25) is 9.69 Å². The number of benzene rings is 1. The molecule has 1 aliphatic rings. The Kier molecular flexibility index (Phi) is 8.71. The van der Waals surface area contributed by atoms with E-state index in [1.165, 1.54) is 17.7 Å². The SMILES string of the molecule is CCNC(=NCC(=O)NCc1ccccc1)NCC1CCCN(C)C1c1cccs1. The third-order valence-corrected chi connectivity index (χ3v) is 6.37. The van der Waals surface area contributed by atoms with Crippen molar-refractivity contribution in [1.82, 2.24) is 20.9 Å². The molecular formula is C23H33N5OS. The number of carbonyl (C=O) groups is 1. The van der Waals surface area contributed by atoms with Gasteiger partial charge < -0.3 is 16.0 Å². The maximum Gasteiger partial charge on any atom is 0.242 e. The minimum absolute atomic E-state index is 0.0788. The van der Waals surface area contributed by atoms with Crippen LogP contribution >= 0.6 is 11.3 Å². The second-order valence-corrected chi connectivity index (χ2v) is 8.66. The van der Waals surface area contributed by atoms with Gasteiger partial charge in [0.2, 0.25) is 5.91 Å². The Labute approximate surface area is 183 Å². The van der Waals surface area contributed by atoms with Crippen molar-refractivity contribution >= 4 is 23.2 Å². The molecule has 1 aromatic heterocycles. The van der Waals surface area contributed by atoms with E-state index < -0.39 is 0 Å². The number of carbonyl (C=O) groups excluding carboxylic acids is 1. The molecule has 1 amide bonds. The summed E-state index contributed by atoms with van der Waals surface area (Å²) in [4.78, 5) is 20.6. The molecule has 1 aliphatic heterocycles. The highest BCUT2D eigenvalue weighted by Gasteiger charge is 2.31. The maximum absolute atomic E-state index is 12.2. The van der Waals surface area contributed by atoms with Crippen LogP contribution in [0.25, 0.3) is 0 Å². The second kappa shape index (κ2) is 11.7. The fourth-order valence-corrected chi connectivity index (χ4v) is 4.94. The number of nitrogens with zero attached hydrogens (tertiary/aromatic N) is 2. The first-order valence-electron chi connectivity index (χ1n) is 10.7. The van der Waals surface area contributed by atoms with E-state index >= 15 is 0 Å². The van der Waals surface area contributed by atoms with E-state index in [-0.39, 0.29) is 12.5 Å². The summed E-state index contributed by atoms with van der Waals surface area (Å²) in [6, 6.07) is 14.7. The minimum atomic E-state index is -0.0788. The van der Waals surface area contributed by atoms with Gasteiger partial charge in [-0.05, 0) is 56.3 Å². The van der Waals surface area contributed by atoms with E-state index in [1.54, 1.807) is 0 Å². The normalized spacial score (nSPS) is 20.0. The van der Waals surface area contributed by atoms with Crippen LogP contribution in [0.1, 0.15) is 36.2 Å². The molecule has 0 radical (unpaired) electrons. The molecular weight excluding hydrogens is 394 g/mol. The van der Waals surface area contributed by atoms with Gasteiger partial charge in [-0.2, -0.15) is 0 Å². The van der Waals surface area contributed by atoms with E-state index in [9.17, 15) is 4.79 Å². The van der Waals surface area contributed by atoms with Gasteiger partial charge >= 0.3 is 0 Å². The molecule has 2 aromatic rings. The summed E-state index contributed by atoms with van der Waals surface area (Å²) in [6.07, 6.45) is 2.40. The van der Waals surface area contributed by atoms with Crippen molar-refractivity contribution in [2.75, 3.05) is 33.2 Å². The van der Waals surface area contributed by atoms with Crippen LogP contribution < -0.4 is 16.0 Å². The first kappa shape index (κ1) is 22.3. The van der Waals surface area contributed by atoms with Crippen LogP contribution in [-0.4, -0.2) is 50.0 Å². The first-order chi connectivity index (χ1) is 14.7. The number of rotatable bonds is 8. The number of hydrogen-bond acceptors (Lipinski definition) is 4. The molecule has 0 spiro atoms. The molecule has 162 valence electrons. The van der Waals surface area contributed by atoms with Crippen LogP contribution in [0.15, 0.2) is 52.8 Å². The fourth-order valence-electron chi connectivity index (χ4n) is 3.96. The predicted octanol–water partition coefficient (Wildman–Crippen LogP) is 3.00. The van der Waals surface area contributed by atoms with E-state index in [0.717, 1.165) is 25.2 Å². The number of guanidine groups is 1. The van der Waals surface area contributed by atoms with E-state index in [2.05, 4.69) is 50.4 Å². The molecule has 3 rings (SSSR count). The Morgan fingerprint density at radius 2 is 2.00 bits per heavy atom. The van der Waals surface area contributed by atoms with Gasteiger partial charge in [0.25, 0.3) is 0 Å². The Hall–Kier alpha value is -2.38. The molecule has 1 saturated heterocycles. The highest BCUT2D eigenvalue weighted by Crippen LogP contribution is 2.36. The van der Waals surface area contributed by atoms with Crippen LogP contribution in [0.4, 0.5) is 0 Å². The number of nitrogens with one attached hydrogen (secondary N) is 3. The van der Waals surface area contributed by atoms with E-state index in [0.29, 0.717) is 24.5 Å². The largest absolute Gasteiger partial charge is 0.357 e. The lowest BCUT2D eigenvalue weighted by Crippen LogP contribution is -2.45. The zero-order chi connectivity index (χ0) is 21.2. The highest BCUT2D eigenvalue weighted by molar-refractivity contribution is 7.10. The summed E-state index contributed by atoms with van der Waals surface area (Å²) < 4.78 is 0. The molecule has 2 atom stereocenters. The molecule has 3 N–H and O–H groups in total. The quantitative estimate of drug-likeness (QED) is 0.448. The van der Waals surface area contributed by atoms with Crippen molar-refractivity contribution < 1.29 is 4.79 Å². The summed E-state index contributed by atoms with van der Waals surface area (Å²) >= 11 is 1.83. The third-order valence-electron chi connectivity index (χ3n) is 5.43. The lowest BCUT2D eigenvalue weighted by Gasteiger charge is -2.39. The number of hydrogen-bond donors (Lipinski definition) is 3. The molecule has 1 fully saturated rings. The average Bonchev–Trinajstić information content (AvgIpc) is 3.29. The summed E-state index contributed by atoms with van der Waals surface area (Å²) in [5.41, 5.74) is 1.08. The average molecular weight is 428 g/mol. The molecule has 0 saturated carbocycles. The predicted molar refractivity (Wildman–Crippen MR) is 125 cm³/mol. The minimum Gasteiger partial charge on any atom is -0.357 e. The first-order valence-corrected chi connectivity index (χ1v) is 11.6. The summed E-state index contributed by atoms with van der Waals surface area (Å²) in [5.74, 6) is 1.13. The van der Waals surface area contributed by atoms with Crippen molar-refractivity contribution in [1.29, 1.82) is 0 Å². The molecule has 0 aliphatic carbocycles. The summed E-state index contributed by atoms with van der Waals surface area (Å²) in [7, 11) is 2.22. The Bertz CT molecular complexity index is 793. The van der Waals surface area contributed by atoms with Gasteiger partial charge in [0, 0.05) is 30.6 Å². The molecule has 2 heterocycles. The Balaban J connectivity index is 1.53. The summed E-state index contributed by atoms with van der Waals surface area (Å²) in [5, 5.41) is 11.8. The number of likely N-dealkylation sites (tertiary alicyclic amines) is 1. The van der Waals surface area contributed by atoms with Crippen LogP contribution in [0, 0.1) is 5.92 Å². The lowest BCUT2D eigenvalue weighted by molar-refractivity contribution is -0.119. The van der Waals surface area contributed by atoms with Crippen LogP contribution in [0.5, 0.6) is 0 Å². The Morgan fingerprint density at radius 3 is 2.73 bits per heavy atom. The van der Waals surface area contributed by atoms with Crippen molar-refractivity contribution in [3.63, 3.8) is 0 Å². The topological polar surface area (TPSA) is 68.8 Å². The molecule has 1 aromatic carbocycles. The molecule has 30 heavy (non-hydrogen) atoms. The second-order valence-electron chi connectivity index (χ2n) is 7.68. The zero-order valence-electron chi connectivity index (χ0n) is 17.9. The molecule has 6 nitrogen and oxygen atoms in total. The van der Waals surface area contributed by atoms with E-state index in [1.807, 2.05) is 48.6 Å². The lowest BCUT2D eigenvalue weighted by atomic mass is 9.88. The fraction of sp³-hybridized carbons (Fsp3) is 0.478. The molecule has 7 heteroatoms. The summed E-state index contributed by atoms with van der Waals surface area (Å²) in [6.45, 7) is 5.41. The van der Waals surface area contributed by atoms with Crippen molar-refractivity contribution in [3.8, 4) is 0 Å². The molecule has 2 unspecified atom stereocenters. The van der Waals surface area contributed by atoms with Gasteiger partial charge in [-0.25, -0.2) is 4.99 Å². The van der Waals surface area contributed by atoms with Gasteiger partial charge in [0.1, 0.15) is 6.54 Å². The maximum atomic E-state index is 12.2. The zero-order valence-corrected chi connectivity index (χ0v) is 18.8. The van der Waals surface area contributed by atoms with Gasteiger partial charge in [-0.1, -0.05) is 36.4 Å².